The van der Waals surface area contributed by atoms with Crippen LogP contribution in [0.4, 0.5) is 0 Å². The van der Waals surface area contributed by atoms with E-state index >= 15 is 0 Å². The molecule has 0 saturated carbocycles. The highest BCUT2D eigenvalue weighted by Crippen LogP contribution is 2.14. The molecule has 0 atom stereocenters. The minimum atomic E-state index is -0.132. The van der Waals surface area contributed by atoms with Crippen LogP contribution in [0.15, 0.2) is 36.4 Å². The maximum absolute atomic E-state index is 12.2. The Hall–Kier alpha value is -2.23. The molecule has 1 amide bonds. The van der Waals surface area contributed by atoms with Crippen molar-refractivity contribution in [1.29, 1.82) is 0 Å². The first kappa shape index (κ1) is 15.2. The van der Waals surface area contributed by atoms with Gasteiger partial charge in [-0.1, -0.05) is 13.8 Å². The number of amides is 1. The first-order chi connectivity index (χ1) is 9.97. The van der Waals surface area contributed by atoms with E-state index in [1.54, 1.807) is 16.8 Å². The SMILES string of the molecule is Cc1ccc(C)n1NC(=O)c1ccc(OCC(C)C)cc1. The van der Waals surface area contributed by atoms with Gasteiger partial charge < -0.3 is 4.74 Å². The Morgan fingerprint density at radius 3 is 2.19 bits per heavy atom. The molecule has 2 aromatic rings. The second kappa shape index (κ2) is 6.48. The van der Waals surface area contributed by atoms with Gasteiger partial charge in [-0.3, -0.25) is 14.9 Å². The van der Waals surface area contributed by atoms with Crippen LogP contribution in [0.2, 0.25) is 0 Å². The fraction of sp³-hybridized carbons (Fsp3) is 0.353. The number of carbonyl (C=O) groups is 1. The number of nitrogens with zero attached hydrogens (tertiary/aromatic N) is 1. The highest BCUT2D eigenvalue weighted by molar-refractivity contribution is 6.00. The van der Waals surface area contributed by atoms with Crippen molar-refractivity contribution in [3.63, 3.8) is 0 Å². The highest BCUT2D eigenvalue weighted by Gasteiger charge is 2.09. The number of hydrogen-bond donors (Lipinski definition) is 1. The van der Waals surface area contributed by atoms with Crippen molar-refractivity contribution in [1.82, 2.24) is 4.68 Å². The molecule has 4 heteroatoms. The molecule has 0 aliphatic heterocycles. The van der Waals surface area contributed by atoms with Crippen LogP contribution in [-0.2, 0) is 0 Å². The molecule has 0 aliphatic rings. The number of benzene rings is 1. The van der Waals surface area contributed by atoms with Gasteiger partial charge in [0, 0.05) is 17.0 Å². The summed E-state index contributed by atoms with van der Waals surface area (Å²) in [5.74, 6) is 1.13. The van der Waals surface area contributed by atoms with Crippen molar-refractivity contribution < 1.29 is 9.53 Å². The molecule has 4 nitrogen and oxygen atoms in total. The van der Waals surface area contributed by atoms with E-state index in [9.17, 15) is 4.79 Å². The van der Waals surface area contributed by atoms with E-state index in [2.05, 4.69) is 19.3 Å². The van der Waals surface area contributed by atoms with Gasteiger partial charge >= 0.3 is 0 Å². The van der Waals surface area contributed by atoms with Gasteiger partial charge in [0.2, 0.25) is 0 Å². The van der Waals surface area contributed by atoms with Gasteiger partial charge in [0.25, 0.3) is 5.91 Å². The number of hydrogen-bond acceptors (Lipinski definition) is 2. The Morgan fingerprint density at radius 2 is 1.67 bits per heavy atom. The Balaban J connectivity index is 2.03. The maximum atomic E-state index is 12.2. The normalized spacial score (nSPS) is 10.7. The third kappa shape index (κ3) is 3.88. The van der Waals surface area contributed by atoms with Crippen LogP contribution in [0.1, 0.15) is 35.6 Å². The van der Waals surface area contributed by atoms with Crippen LogP contribution in [0.5, 0.6) is 5.75 Å². The second-order valence-electron chi connectivity index (χ2n) is 5.62. The predicted molar refractivity (Wildman–Crippen MR) is 84.4 cm³/mol. The molecule has 0 bridgehead atoms. The van der Waals surface area contributed by atoms with Gasteiger partial charge in [-0.05, 0) is 56.2 Å². The summed E-state index contributed by atoms with van der Waals surface area (Å²) in [4.78, 5) is 12.2. The summed E-state index contributed by atoms with van der Waals surface area (Å²) in [6.07, 6.45) is 0. The van der Waals surface area contributed by atoms with Crippen LogP contribution >= 0.6 is 0 Å². The molecule has 0 aliphatic carbocycles. The van der Waals surface area contributed by atoms with Crippen molar-refractivity contribution in [2.75, 3.05) is 12.0 Å². The average molecular weight is 286 g/mol. The molecule has 21 heavy (non-hydrogen) atoms. The topological polar surface area (TPSA) is 43.3 Å². The van der Waals surface area contributed by atoms with Gasteiger partial charge in [-0.2, -0.15) is 0 Å². The fourth-order valence-corrected chi connectivity index (χ4v) is 1.98. The number of aryl methyl sites for hydroxylation is 2. The first-order valence-corrected chi connectivity index (χ1v) is 7.16. The Kier molecular flexibility index (Phi) is 4.68. The van der Waals surface area contributed by atoms with Crippen LogP contribution in [-0.4, -0.2) is 17.2 Å². The lowest BCUT2D eigenvalue weighted by atomic mass is 10.2. The van der Waals surface area contributed by atoms with E-state index in [1.165, 1.54) is 0 Å². The lowest BCUT2D eigenvalue weighted by molar-refractivity contribution is 0.101. The van der Waals surface area contributed by atoms with E-state index in [0.717, 1.165) is 17.1 Å². The molecular formula is C17H22N2O2. The smallest absolute Gasteiger partial charge is 0.270 e. The molecule has 0 spiro atoms. The standard InChI is InChI=1S/C17H22N2O2/c1-12(2)11-21-16-9-7-15(8-10-16)17(20)18-19-13(3)5-6-14(19)4/h5-10,12H,11H2,1-4H3,(H,18,20). The Morgan fingerprint density at radius 1 is 1.10 bits per heavy atom. The molecule has 1 aromatic heterocycles. The van der Waals surface area contributed by atoms with Crippen LogP contribution in [0, 0.1) is 19.8 Å². The summed E-state index contributed by atoms with van der Waals surface area (Å²) >= 11 is 0. The van der Waals surface area contributed by atoms with Gasteiger partial charge in [-0.15, -0.1) is 0 Å². The summed E-state index contributed by atoms with van der Waals surface area (Å²) in [6.45, 7) is 8.78. The lowest BCUT2D eigenvalue weighted by Crippen LogP contribution is -2.24. The third-order valence-electron chi connectivity index (χ3n) is 3.18. The molecule has 1 N–H and O–H groups in total. The second-order valence-corrected chi connectivity index (χ2v) is 5.62. The quantitative estimate of drug-likeness (QED) is 0.914. The van der Waals surface area contributed by atoms with Gasteiger partial charge in [0.1, 0.15) is 5.75 Å². The monoisotopic (exact) mass is 286 g/mol. The van der Waals surface area contributed by atoms with Gasteiger partial charge in [0.05, 0.1) is 6.61 Å². The minimum absolute atomic E-state index is 0.132. The van der Waals surface area contributed by atoms with Crippen LogP contribution in [0.3, 0.4) is 0 Å². The van der Waals surface area contributed by atoms with Gasteiger partial charge in [-0.25, -0.2) is 0 Å². The van der Waals surface area contributed by atoms with Crippen molar-refractivity contribution in [3.8, 4) is 5.75 Å². The number of aromatic nitrogens is 1. The van der Waals surface area contributed by atoms with E-state index in [-0.39, 0.29) is 5.91 Å². The van der Waals surface area contributed by atoms with E-state index < -0.39 is 0 Å². The summed E-state index contributed by atoms with van der Waals surface area (Å²) in [7, 11) is 0. The van der Waals surface area contributed by atoms with E-state index in [1.807, 2.05) is 38.1 Å². The largest absolute Gasteiger partial charge is 0.493 e. The highest BCUT2D eigenvalue weighted by atomic mass is 16.5. The van der Waals surface area contributed by atoms with E-state index in [4.69, 9.17) is 4.74 Å². The Bertz CT molecular complexity index is 593. The predicted octanol–water partition coefficient (Wildman–Crippen LogP) is 3.52. The zero-order chi connectivity index (χ0) is 15.4. The maximum Gasteiger partial charge on any atom is 0.270 e. The van der Waals surface area contributed by atoms with Crippen molar-refractivity contribution >= 4 is 5.91 Å². The first-order valence-electron chi connectivity index (χ1n) is 7.16. The summed E-state index contributed by atoms with van der Waals surface area (Å²) in [5, 5.41) is 0. The van der Waals surface area contributed by atoms with Crippen LogP contribution < -0.4 is 10.2 Å². The number of carbonyl (C=O) groups excluding carboxylic acids is 1. The molecule has 2 rings (SSSR count). The van der Waals surface area contributed by atoms with Crippen LogP contribution in [0.25, 0.3) is 0 Å². The molecule has 0 saturated heterocycles. The van der Waals surface area contributed by atoms with Crippen molar-refractivity contribution in [2.45, 2.75) is 27.7 Å². The van der Waals surface area contributed by atoms with E-state index in [0.29, 0.717) is 18.1 Å². The van der Waals surface area contributed by atoms with Crippen molar-refractivity contribution in [2.24, 2.45) is 5.92 Å². The molecule has 0 radical (unpaired) electrons. The zero-order valence-corrected chi connectivity index (χ0v) is 13.0. The molecule has 112 valence electrons. The minimum Gasteiger partial charge on any atom is -0.493 e. The molecular weight excluding hydrogens is 264 g/mol. The molecule has 0 fully saturated rings. The van der Waals surface area contributed by atoms with Crippen molar-refractivity contribution in [3.05, 3.63) is 53.3 Å². The fourth-order valence-electron chi connectivity index (χ4n) is 1.98. The number of rotatable bonds is 5. The third-order valence-corrected chi connectivity index (χ3v) is 3.18. The molecule has 0 unspecified atom stereocenters. The lowest BCUT2D eigenvalue weighted by Gasteiger charge is -2.12. The Labute approximate surface area is 125 Å². The summed E-state index contributed by atoms with van der Waals surface area (Å²) < 4.78 is 7.39. The average Bonchev–Trinajstić information content (AvgIpc) is 2.77. The number of ether oxygens (including phenoxy) is 1. The summed E-state index contributed by atoms with van der Waals surface area (Å²) in [5.41, 5.74) is 5.49. The van der Waals surface area contributed by atoms with Gasteiger partial charge in [0.15, 0.2) is 0 Å². The number of nitrogens with one attached hydrogen (secondary N) is 1. The molecule has 1 heterocycles. The zero-order valence-electron chi connectivity index (χ0n) is 13.0. The molecule has 1 aromatic carbocycles. The summed E-state index contributed by atoms with van der Waals surface area (Å²) in [6, 6.07) is 11.1.